The van der Waals surface area contributed by atoms with E-state index in [1.54, 1.807) is 12.1 Å². The maximum Gasteiger partial charge on any atom is 0.191 e. The highest BCUT2D eigenvalue weighted by Crippen LogP contribution is 2.25. The van der Waals surface area contributed by atoms with Crippen LogP contribution in [0.25, 0.3) is 11.4 Å². The van der Waals surface area contributed by atoms with Gasteiger partial charge in [-0.05, 0) is 49.2 Å². The van der Waals surface area contributed by atoms with E-state index < -0.39 is 6.10 Å². The maximum absolute atomic E-state index is 13.1. The fourth-order valence-corrected chi connectivity index (χ4v) is 3.53. The summed E-state index contributed by atoms with van der Waals surface area (Å²) in [6.45, 7) is 4.18. The Hall–Kier alpha value is -2.38. The van der Waals surface area contributed by atoms with Crippen LogP contribution in [-0.2, 0) is 7.05 Å². The number of halogens is 1. The van der Waals surface area contributed by atoms with Gasteiger partial charge in [0.1, 0.15) is 18.2 Å². The minimum absolute atomic E-state index is 0.210. The summed E-state index contributed by atoms with van der Waals surface area (Å²) in [4.78, 5) is 0. The van der Waals surface area contributed by atoms with Gasteiger partial charge in [-0.15, -0.1) is 10.2 Å². The summed E-state index contributed by atoms with van der Waals surface area (Å²) in [5, 5.41) is 19.3. The fourth-order valence-electron chi connectivity index (χ4n) is 2.72. The second kappa shape index (κ2) is 8.54. The molecule has 1 aromatic heterocycles. The first-order valence-electron chi connectivity index (χ1n) is 8.61. The number of rotatable bonds is 7. The summed E-state index contributed by atoms with van der Waals surface area (Å²) < 4.78 is 20.7. The molecule has 0 aliphatic rings. The van der Waals surface area contributed by atoms with Gasteiger partial charge in [-0.25, -0.2) is 4.39 Å². The van der Waals surface area contributed by atoms with Crippen LogP contribution in [0.15, 0.2) is 47.6 Å². The molecule has 1 heterocycles. The third-order valence-electron chi connectivity index (χ3n) is 4.17. The Kier molecular flexibility index (Phi) is 6.13. The lowest BCUT2D eigenvalue weighted by Gasteiger charge is -2.15. The van der Waals surface area contributed by atoms with Crippen LogP contribution in [0.1, 0.15) is 11.1 Å². The highest BCUT2D eigenvalue weighted by Gasteiger charge is 2.14. The number of aryl methyl sites for hydroxylation is 2. The normalized spacial score (nSPS) is 12.2. The molecule has 3 rings (SSSR count). The molecule has 5 nitrogen and oxygen atoms in total. The van der Waals surface area contributed by atoms with Crippen molar-refractivity contribution in [2.24, 2.45) is 7.05 Å². The number of aromatic nitrogens is 3. The molecule has 1 N–H and O–H groups in total. The summed E-state index contributed by atoms with van der Waals surface area (Å²) in [6.07, 6.45) is -0.639. The molecule has 0 saturated heterocycles. The molecule has 0 unspecified atom stereocenters. The van der Waals surface area contributed by atoms with E-state index in [0.29, 0.717) is 16.7 Å². The number of thioether (sulfide) groups is 1. The molecular formula is C20H22FN3O2S. The zero-order chi connectivity index (χ0) is 19.4. The minimum atomic E-state index is -0.639. The van der Waals surface area contributed by atoms with Crippen LogP contribution in [0.2, 0.25) is 0 Å². The van der Waals surface area contributed by atoms with Crippen LogP contribution in [0.4, 0.5) is 4.39 Å². The average molecular weight is 387 g/mol. The molecule has 27 heavy (non-hydrogen) atoms. The fraction of sp³-hybridized carbons (Fsp3) is 0.300. The number of aliphatic hydroxyl groups is 1. The molecule has 0 amide bonds. The van der Waals surface area contributed by atoms with E-state index in [4.69, 9.17) is 4.74 Å². The van der Waals surface area contributed by atoms with Crippen molar-refractivity contribution in [3.63, 3.8) is 0 Å². The quantitative estimate of drug-likeness (QED) is 0.626. The maximum atomic E-state index is 13.1. The smallest absolute Gasteiger partial charge is 0.191 e. The summed E-state index contributed by atoms with van der Waals surface area (Å²) in [7, 11) is 1.85. The lowest BCUT2D eigenvalue weighted by Crippen LogP contribution is -2.21. The molecule has 1 atom stereocenters. The van der Waals surface area contributed by atoms with E-state index in [1.807, 2.05) is 43.7 Å². The van der Waals surface area contributed by atoms with Crippen molar-refractivity contribution in [2.45, 2.75) is 25.1 Å². The molecule has 0 radical (unpaired) electrons. The van der Waals surface area contributed by atoms with Crippen molar-refractivity contribution >= 4 is 11.8 Å². The summed E-state index contributed by atoms with van der Waals surface area (Å²) in [6, 6.07) is 12.1. The number of para-hydroxylation sites is 1. The van der Waals surface area contributed by atoms with Gasteiger partial charge in [-0.3, -0.25) is 0 Å². The van der Waals surface area contributed by atoms with Gasteiger partial charge >= 0.3 is 0 Å². The van der Waals surface area contributed by atoms with Crippen LogP contribution < -0.4 is 4.74 Å². The van der Waals surface area contributed by atoms with Crippen LogP contribution in [0.3, 0.4) is 0 Å². The van der Waals surface area contributed by atoms with Gasteiger partial charge in [-0.1, -0.05) is 30.0 Å². The molecular weight excluding hydrogens is 365 g/mol. The molecule has 0 aliphatic heterocycles. The molecule has 0 saturated carbocycles. The van der Waals surface area contributed by atoms with Crippen molar-refractivity contribution in [1.82, 2.24) is 14.8 Å². The second-order valence-corrected chi connectivity index (χ2v) is 7.36. The van der Waals surface area contributed by atoms with Crippen molar-refractivity contribution < 1.29 is 14.2 Å². The molecule has 142 valence electrons. The first-order chi connectivity index (χ1) is 13.0. The monoisotopic (exact) mass is 387 g/mol. The molecule has 3 aromatic rings. The van der Waals surface area contributed by atoms with Crippen molar-refractivity contribution in [2.75, 3.05) is 12.4 Å². The summed E-state index contributed by atoms with van der Waals surface area (Å²) >= 11 is 1.40. The van der Waals surface area contributed by atoms with Gasteiger partial charge in [0.15, 0.2) is 11.0 Å². The van der Waals surface area contributed by atoms with Crippen LogP contribution in [0, 0.1) is 19.7 Å². The highest BCUT2D eigenvalue weighted by atomic mass is 32.2. The van der Waals surface area contributed by atoms with Gasteiger partial charge in [0, 0.05) is 18.4 Å². The van der Waals surface area contributed by atoms with Gasteiger partial charge < -0.3 is 14.4 Å². The van der Waals surface area contributed by atoms with E-state index in [1.165, 1.54) is 23.9 Å². The minimum Gasteiger partial charge on any atom is -0.490 e. The van der Waals surface area contributed by atoms with Crippen LogP contribution >= 0.6 is 11.8 Å². The Morgan fingerprint density at radius 3 is 2.44 bits per heavy atom. The van der Waals surface area contributed by atoms with E-state index in [-0.39, 0.29) is 12.4 Å². The first kappa shape index (κ1) is 19.4. The predicted octanol–water partition coefficient (Wildman–Crippen LogP) is 3.77. The number of aliphatic hydroxyl groups excluding tert-OH is 1. The number of hydrogen-bond acceptors (Lipinski definition) is 5. The van der Waals surface area contributed by atoms with Crippen molar-refractivity contribution in [3.8, 4) is 17.1 Å². The Morgan fingerprint density at radius 1 is 1.11 bits per heavy atom. The Morgan fingerprint density at radius 2 is 1.78 bits per heavy atom. The zero-order valence-corrected chi connectivity index (χ0v) is 16.3. The van der Waals surface area contributed by atoms with E-state index in [0.717, 1.165) is 22.4 Å². The standard InChI is InChI=1S/C20H22FN3O2S/c1-13-5-4-6-14(2)18(13)26-11-17(25)12-27-20-23-22-19(24(20)3)15-7-9-16(21)10-8-15/h4-10,17,25H,11-12H2,1-3H3/t17-/m1/s1. The van der Waals surface area contributed by atoms with E-state index in [9.17, 15) is 9.50 Å². The van der Waals surface area contributed by atoms with Crippen LogP contribution in [-0.4, -0.2) is 38.3 Å². The van der Waals surface area contributed by atoms with Crippen LogP contribution in [0.5, 0.6) is 5.75 Å². The zero-order valence-electron chi connectivity index (χ0n) is 15.5. The number of nitrogens with zero attached hydrogens (tertiary/aromatic N) is 3. The first-order valence-corrected chi connectivity index (χ1v) is 9.59. The third-order valence-corrected chi connectivity index (χ3v) is 5.34. The number of benzene rings is 2. The Labute approximate surface area is 162 Å². The van der Waals surface area contributed by atoms with Gasteiger partial charge in [0.2, 0.25) is 0 Å². The van der Waals surface area contributed by atoms with Crippen molar-refractivity contribution in [1.29, 1.82) is 0 Å². The predicted molar refractivity (Wildman–Crippen MR) is 105 cm³/mol. The largest absolute Gasteiger partial charge is 0.490 e. The van der Waals surface area contributed by atoms with E-state index >= 15 is 0 Å². The Balaban J connectivity index is 1.58. The lowest BCUT2D eigenvalue weighted by atomic mass is 10.1. The van der Waals surface area contributed by atoms with Gasteiger partial charge in [-0.2, -0.15) is 0 Å². The number of hydrogen-bond donors (Lipinski definition) is 1. The van der Waals surface area contributed by atoms with Gasteiger partial charge in [0.25, 0.3) is 0 Å². The molecule has 2 aromatic carbocycles. The topological polar surface area (TPSA) is 60.2 Å². The average Bonchev–Trinajstić information content (AvgIpc) is 3.01. The third kappa shape index (κ3) is 4.67. The lowest BCUT2D eigenvalue weighted by molar-refractivity contribution is 0.125. The molecule has 7 heteroatoms. The summed E-state index contributed by atoms with van der Waals surface area (Å²) in [5.74, 6) is 1.61. The highest BCUT2D eigenvalue weighted by molar-refractivity contribution is 7.99. The van der Waals surface area contributed by atoms with Gasteiger partial charge in [0.05, 0.1) is 6.10 Å². The molecule has 0 aliphatic carbocycles. The second-order valence-electron chi connectivity index (χ2n) is 6.37. The summed E-state index contributed by atoms with van der Waals surface area (Å²) in [5.41, 5.74) is 2.89. The molecule has 0 fully saturated rings. The van der Waals surface area contributed by atoms with E-state index in [2.05, 4.69) is 10.2 Å². The number of ether oxygens (including phenoxy) is 1. The molecule has 0 bridgehead atoms. The Bertz CT molecular complexity index is 892. The van der Waals surface area contributed by atoms with Crippen molar-refractivity contribution in [3.05, 3.63) is 59.4 Å². The molecule has 0 spiro atoms. The SMILES string of the molecule is Cc1cccc(C)c1OC[C@@H](O)CSc1nnc(-c2ccc(F)cc2)n1C.